The van der Waals surface area contributed by atoms with E-state index in [0.29, 0.717) is 12.6 Å². The SMILES string of the molecule is CNCCNC(C)(C)CNC(C)CCNCCO. The molecule has 1 unspecified atom stereocenters. The lowest BCUT2D eigenvalue weighted by molar-refractivity contribution is 0.290. The van der Waals surface area contributed by atoms with Gasteiger partial charge in [0, 0.05) is 37.8 Å². The Kier molecular flexibility index (Phi) is 10.6. The van der Waals surface area contributed by atoms with Gasteiger partial charge in [0.1, 0.15) is 0 Å². The smallest absolute Gasteiger partial charge is 0.0555 e. The molecule has 0 bridgehead atoms. The van der Waals surface area contributed by atoms with Gasteiger partial charge in [0.05, 0.1) is 6.61 Å². The number of aliphatic hydroxyl groups excluding tert-OH is 1. The lowest BCUT2D eigenvalue weighted by Gasteiger charge is -2.29. The maximum atomic E-state index is 8.65. The van der Waals surface area contributed by atoms with Crippen molar-refractivity contribution in [2.45, 2.75) is 38.8 Å². The molecule has 0 rings (SSSR count). The van der Waals surface area contributed by atoms with Gasteiger partial charge in [0.15, 0.2) is 0 Å². The molecule has 0 spiro atoms. The summed E-state index contributed by atoms with van der Waals surface area (Å²) in [6.07, 6.45) is 1.08. The first-order valence-corrected chi connectivity index (χ1v) is 6.96. The molecule has 0 amide bonds. The Morgan fingerprint density at radius 2 is 1.83 bits per heavy atom. The Balaban J connectivity index is 3.58. The van der Waals surface area contributed by atoms with Crippen LogP contribution in [-0.4, -0.2) is 63.1 Å². The van der Waals surface area contributed by atoms with Crippen LogP contribution in [-0.2, 0) is 0 Å². The molecule has 0 saturated carbocycles. The van der Waals surface area contributed by atoms with Gasteiger partial charge < -0.3 is 26.4 Å². The van der Waals surface area contributed by atoms with Crippen LogP contribution in [0.15, 0.2) is 0 Å². The monoisotopic (exact) mass is 260 g/mol. The Labute approximate surface area is 112 Å². The van der Waals surface area contributed by atoms with Crippen LogP contribution < -0.4 is 21.3 Å². The van der Waals surface area contributed by atoms with Gasteiger partial charge in [-0.1, -0.05) is 0 Å². The molecule has 5 heteroatoms. The molecule has 18 heavy (non-hydrogen) atoms. The van der Waals surface area contributed by atoms with Crippen LogP contribution in [0.3, 0.4) is 0 Å². The molecule has 0 heterocycles. The highest BCUT2D eigenvalue weighted by Crippen LogP contribution is 2.00. The van der Waals surface area contributed by atoms with Crippen molar-refractivity contribution in [3.63, 3.8) is 0 Å². The van der Waals surface area contributed by atoms with Crippen molar-refractivity contribution in [2.24, 2.45) is 0 Å². The zero-order valence-electron chi connectivity index (χ0n) is 12.5. The maximum absolute atomic E-state index is 8.65. The molecular formula is C13H32N4O. The van der Waals surface area contributed by atoms with Gasteiger partial charge in [0.25, 0.3) is 0 Å². The van der Waals surface area contributed by atoms with Crippen LogP contribution in [0.5, 0.6) is 0 Å². The molecule has 0 aromatic carbocycles. The zero-order chi connectivity index (χ0) is 13.9. The van der Waals surface area contributed by atoms with Crippen molar-refractivity contribution in [3.05, 3.63) is 0 Å². The molecular weight excluding hydrogens is 228 g/mol. The highest BCUT2D eigenvalue weighted by atomic mass is 16.3. The number of aliphatic hydroxyl groups is 1. The van der Waals surface area contributed by atoms with Crippen molar-refractivity contribution in [3.8, 4) is 0 Å². The summed E-state index contributed by atoms with van der Waals surface area (Å²) in [5, 5.41) is 22.0. The molecule has 0 aliphatic rings. The van der Waals surface area contributed by atoms with E-state index in [2.05, 4.69) is 42.0 Å². The molecule has 0 aliphatic carbocycles. The first-order chi connectivity index (χ1) is 8.52. The van der Waals surface area contributed by atoms with Gasteiger partial charge in [0.2, 0.25) is 0 Å². The van der Waals surface area contributed by atoms with E-state index in [4.69, 9.17) is 5.11 Å². The summed E-state index contributed by atoms with van der Waals surface area (Å²) >= 11 is 0. The van der Waals surface area contributed by atoms with E-state index in [-0.39, 0.29) is 12.1 Å². The van der Waals surface area contributed by atoms with Gasteiger partial charge in [-0.05, 0) is 40.8 Å². The fourth-order valence-electron chi connectivity index (χ4n) is 1.64. The molecule has 0 aromatic heterocycles. The first-order valence-electron chi connectivity index (χ1n) is 6.96. The number of hydrogen-bond donors (Lipinski definition) is 5. The van der Waals surface area contributed by atoms with Crippen LogP contribution in [0.25, 0.3) is 0 Å². The molecule has 0 fully saturated rings. The molecule has 110 valence electrons. The summed E-state index contributed by atoms with van der Waals surface area (Å²) in [5.74, 6) is 0. The maximum Gasteiger partial charge on any atom is 0.0555 e. The van der Waals surface area contributed by atoms with E-state index in [1.54, 1.807) is 0 Å². The minimum absolute atomic E-state index is 0.115. The van der Waals surface area contributed by atoms with Crippen molar-refractivity contribution >= 4 is 0 Å². The van der Waals surface area contributed by atoms with E-state index < -0.39 is 0 Å². The topological polar surface area (TPSA) is 68.3 Å². The van der Waals surface area contributed by atoms with E-state index in [1.165, 1.54) is 0 Å². The minimum Gasteiger partial charge on any atom is -0.395 e. The Morgan fingerprint density at radius 3 is 2.44 bits per heavy atom. The summed E-state index contributed by atoms with van der Waals surface area (Å²) < 4.78 is 0. The van der Waals surface area contributed by atoms with Gasteiger partial charge >= 0.3 is 0 Å². The van der Waals surface area contributed by atoms with Crippen molar-refractivity contribution in [2.75, 3.05) is 46.4 Å². The first kappa shape index (κ1) is 17.8. The van der Waals surface area contributed by atoms with Gasteiger partial charge in [-0.15, -0.1) is 0 Å². The average Bonchev–Trinajstić information content (AvgIpc) is 2.32. The van der Waals surface area contributed by atoms with Crippen LogP contribution >= 0.6 is 0 Å². The highest BCUT2D eigenvalue weighted by molar-refractivity contribution is 4.81. The predicted molar refractivity (Wildman–Crippen MR) is 78.0 cm³/mol. The van der Waals surface area contributed by atoms with Crippen LogP contribution in [0.1, 0.15) is 27.2 Å². The number of nitrogens with one attached hydrogen (secondary N) is 4. The summed E-state index contributed by atoms with van der Waals surface area (Å²) in [5.41, 5.74) is 0.115. The molecule has 0 aromatic rings. The quantitative estimate of drug-likeness (QED) is 0.307. The minimum atomic E-state index is 0.115. The average molecular weight is 260 g/mol. The van der Waals surface area contributed by atoms with E-state index >= 15 is 0 Å². The van der Waals surface area contributed by atoms with E-state index in [9.17, 15) is 0 Å². The largest absolute Gasteiger partial charge is 0.395 e. The zero-order valence-corrected chi connectivity index (χ0v) is 12.5. The standard InChI is InChI=1S/C13H32N4O/c1-12(5-6-15-9-10-18)16-11-13(2,3)17-8-7-14-4/h12,14-18H,5-11H2,1-4H3. The predicted octanol–water partition coefficient (Wildman–Crippen LogP) is -0.476. The van der Waals surface area contributed by atoms with Crippen molar-refractivity contribution in [1.29, 1.82) is 0 Å². The number of hydrogen-bond acceptors (Lipinski definition) is 5. The van der Waals surface area contributed by atoms with Gasteiger partial charge in [-0.2, -0.15) is 0 Å². The summed E-state index contributed by atoms with van der Waals surface area (Å²) in [7, 11) is 1.97. The van der Waals surface area contributed by atoms with Crippen LogP contribution in [0, 0.1) is 0 Å². The second-order valence-electron chi connectivity index (χ2n) is 5.46. The van der Waals surface area contributed by atoms with E-state index in [1.807, 2.05) is 7.05 Å². The second-order valence-corrected chi connectivity index (χ2v) is 5.46. The highest BCUT2D eigenvalue weighted by Gasteiger charge is 2.16. The molecule has 5 nitrogen and oxygen atoms in total. The Bertz CT molecular complexity index is 188. The fourth-order valence-corrected chi connectivity index (χ4v) is 1.64. The van der Waals surface area contributed by atoms with Gasteiger partial charge in [-0.3, -0.25) is 0 Å². The third-order valence-electron chi connectivity index (χ3n) is 2.91. The summed E-state index contributed by atoms with van der Waals surface area (Å²) in [6.45, 7) is 11.4. The normalized spacial score (nSPS) is 13.8. The van der Waals surface area contributed by atoms with Crippen molar-refractivity contribution < 1.29 is 5.11 Å². The van der Waals surface area contributed by atoms with Crippen LogP contribution in [0.4, 0.5) is 0 Å². The molecule has 1 atom stereocenters. The fraction of sp³-hybridized carbons (Fsp3) is 1.00. The second kappa shape index (κ2) is 10.7. The van der Waals surface area contributed by atoms with Crippen LogP contribution in [0.2, 0.25) is 0 Å². The molecule has 0 saturated heterocycles. The van der Waals surface area contributed by atoms with Gasteiger partial charge in [-0.25, -0.2) is 0 Å². The molecule has 5 N–H and O–H groups in total. The third kappa shape index (κ3) is 10.9. The summed E-state index contributed by atoms with van der Waals surface area (Å²) in [6, 6.07) is 0.488. The number of rotatable bonds is 12. The van der Waals surface area contributed by atoms with Crippen molar-refractivity contribution in [1.82, 2.24) is 21.3 Å². The number of likely N-dealkylation sites (N-methyl/N-ethyl adjacent to an activating group) is 1. The summed E-state index contributed by atoms with van der Waals surface area (Å²) in [4.78, 5) is 0. The lowest BCUT2D eigenvalue weighted by Crippen LogP contribution is -2.51. The Hall–Kier alpha value is -0.200. The molecule has 0 radical (unpaired) electrons. The Morgan fingerprint density at radius 1 is 1.11 bits per heavy atom. The molecule has 0 aliphatic heterocycles. The third-order valence-corrected chi connectivity index (χ3v) is 2.91. The van der Waals surface area contributed by atoms with E-state index in [0.717, 1.165) is 32.6 Å². The lowest BCUT2D eigenvalue weighted by atomic mass is 10.0.